The summed E-state index contributed by atoms with van der Waals surface area (Å²) in [7, 11) is 0. The highest BCUT2D eigenvalue weighted by Crippen LogP contribution is 2.07. The van der Waals surface area contributed by atoms with Crippen LogP contribution in [0.3, 0.4) is 0 Å². The van der Waals surface area contributed by atoms with Gasteiger partial charge in [-0.1, -0.05) is 19.8 Å². The molecule has 0 N–H and O–H groups in total. The van der Waals surface area contributed by atoms with Gasteiger partial charge in [0.05, 0.1) is 6.07 Å². The van der Waals surface area contributed by atoms with Crippen LogP contribution in [0.1, 0.15) is 33.1 Å². The van der Waals surface area contributed by atoms with Crippen LogP contribution in [0.5, 0.6) is 0 Å². The first-order chi connectivity index (χ1) is 4.72. The van der Waals surface area contributed by atoms with E-state index in [1.807, 2.05) is 6.07 Å². The number of carbonyl (C=O) groups excluding carboxylic acids is 1. The van der Waals surface area contributed by atoms with Gasteiger partial charge < -0.3 is 0 Å². The summed E-state index contributed by atoms with van der Waals surface area (Å²) in [6, 6.07) is 1.99. The molecule has 0 rings (SSSR count). The largest absolute Gasteiger partial charge is 0.299 e. The number of hydrogen-bond donors (Lipinski definition) is 0. The van der Waals surface area contributed by atoms with E-state index in [1.54, 1.807) is 0 Å². The molecule has 0 aromatic rings. The number of Topliss-reactive ketones (excluding diaryl/α,β-unsaturated/α-hetero) is 1. The Morgan fingerprint density at radius 3 is 2.60 bits per heavy atom. The Morgan fingerprint density at radius 1 is 1.70 bits per heavy atom. The van der Waals surface area contributed by atoms with Gasteiger partial charge >= 0.3 is 0 Å². The van der Waals surface area contributed by atoms with Crippen LogP contribution in [-0.4, -0.2) is 5.78 Å². The van der Waals surface area contributed by atoms with Crippen LogP contribution >= 0.6 is 0 Å². The molecule has 0 aliphatic carbocycles. The number of rotatable bonds is 4. The molecule has 0 aromatic heterocycles. The molecule has 0 fully saturated rings. The van der Waals surface area contributed by atoms with Gasteiger partial charge in [0, 0.05) is 0 Å². The van der Waals surface area contributed by atoms with Gasteiger partial charge in [-0.05, 0) is 13.3 Å². The Labute approximate surface area is 61.8 Å². The number of ketones is 1. The average Bonchev–Trinajstić information content (AvgIpc) is 1.89. The summed E-state index contributed by atoms with van der Waals surface area (Å²) in [5.74, 6) is -0.365. The SMILES string of the molecule is CCCCC(C#N)C(C)=O. The molecule has 0 amide bonds. The van der Waals surface area contributed by atoms with Crippen molar-refractivity contribution in [1.82, 2.24) is 0 Å². The molecule has 0 spiro atoms. The smallest absolute Gasteiger partial charge is 0.146 e. The number of nitriles is 1. The Kier molecular flexibility index (Phi) is 4.57. The van der Waals surface area contributed by atoms with Gasteiger partial charge in [-0.2, -0.15) is 5.26 Å². The highest BCUT2D eigenvalue weighted by atomic mass is 16.1. The maximum absolute atomic E-state index is 10.7. The highest BCUT2D eigenvalue weighted by molar-refractivity contribution is 5.80. The highest BCUT2D eigenvalue weighted by Gasteiger charge is 2.10. The van der Waals surface area contributed by atoms with Crippen LogP contribution in [0.15, 0.2) is 0 Å². The molecule has 0 bridgehead atoms. The van der Waals surface area contributed by atoms with Gasteiger partial charge in [-0.3, -0.25) is 4.79 Å². The fourth-order valence-electron chi connectivity index (χ4n) is 0.767. The van der Waals surface area contributed by atoms with Crippen molar-refractivity contribution in [3.8, 4) is 6.07 Å². The van der Waals surface area contributed by atoms with E-state index in [4.69, 9.17) is 5.26 Å². The molecule has 56 valence electrons. The lowest BCUT2D eigenvalue weighted by Crippen LogP contribution is -2.07. The number of hydrogen-bond acceptors (Lipinski definition) is 2. The molecule has 2 heteroatoms. The summed E-state index contributed by atoms with van der Waals surface area (Å²) < 4.78 is 0. The molecule has 1 atom stereocenters. The van der Waals surface area contributed by atoms with Crippen molar-refractivity contribution < 1.29 is 4.79 Å². The van der Waals surface area contributed by atoms with Crippen LogP contribution in [-0.2, 0) is 4.79 Å². The molecular formula is C8H13NO. The second kappa shape index (κ2) is 4.99. The lowest BCUT2D eigenvalue weighted by Gasteiger charge is -2.00. The predicted octanol–water partition coefficient (Wildman–Crippen LogP) is 1.91. The quantitative estimate of drug-likeness (QED) is 0.597. The van der Waals surface area contributed by atoms with E-state index in [9.17, 15) is 4.79 Å². The maximum Gasteiger partial charge on any atom is 0.146 e. The molecule has 0 aliphatic heterocycles. The van der Waals surface area contributed by atoms with Gasteiger partial charge in [-0.25, -0.2) is 0 Å². The van der Waals surface area contributed by atoms with Crippen molar-refractivity contribution >= 4 is 5.78 Å². The van der Waals surface area contributed by atoms with Gasteiger partial charge in [-0.15, -0.1) is 0 Å². The monoisotopic (exact) mass is 139 g/mol. The molecule has 0 saturated carbocycles. The number of nitrogens with zero attached hydrogens (tertiary/aromatic N) is 1. The summed E-state index contributed by atoms with van der Waals surface area (Å²) in [6.07, 6.45) is 2.74. The molecule has 0 heterocycles. The maximum atomic E-state index is 10.7. The topological polar surface area (TPSA) is 40.9 Å². The summed E-state index contributed by atoms with van der Waals surface area (Å²) in [6.45, 7) is 3.53. The lowest BCUT2D eigenvalue weighted by atomic mass is 10.0. The van der Waals surface area contributed by atoms with Crippen LogP contribution in [0.25, 0.3) is 0 Å². The Balaban J connectivity index is 3.64. The van der Waals surface area contributed by atoms with E-state index < -0.39 is 0 Å². The van der Waals surface area contributed by atoms with Gasteiger partial charge in [0.15, 0.2) is 0 Å². The van der Waals surface area contributed by atoms with Crippen molar-refractivity contribution in [1.29, 1.82) is 5.26 Å². The van der Waals surface area contributed by atoms with Gasteiger partial charge in [0.25, 0.3) is 0 Å². The first-order valence-corrected chi connectivity index (χ1v) is 3.62. The lowest BCUT2D eigenvalue weighted by molar-refractivity contribution is -0.119. The van der Waals surface area contributed by atoms with Crippen molar-refractivity contribution in [2.45, 2.75) is 33.1 Å². The zero-order valence-corrected chi connectivity index (χ0v) is 6.55. The Bertz CT molecular complexity index is 146. The third kappa shape index (κ3) is 3.24. The van der Waals surface area contributed by atoms with E-state index in [0.29, 0.717) is 0 Å². The first-order valence-electron chi connectivity index (χ1n) is 3.62. The predicted molar refractivity (Wildman–Crippen MR) is 39.3 cm³/mol. The minimum atomic E-state index is -0.361. The normalized spacial score (nSPS) is 12.1. The molecule has 0 aromatic carbocycles. The average molecular weight is 139 g/mol. The molecule has 10 heavy (non-hydrogen) atoms. The third-order valence-electron chi connectivity index (χ3n) is 1.49. The minimum absolute atomic E-state index is 0.00375. The van der Waals surface area contributed by atoms with Crippen molar-refractivity contribution in [3.63, 3.8) is 0 Å². The molecular weight excluding hydrogens is 126 g/mol. The van der Waals surface area contributed by atoms with Crippen molar-refractivity contribution in [2.24, 2.45) is 5.92 Å². The third-order valence-corrected chi connectivity index (χ3v) is 1.49. The van der Waals surface area contributed by atoms with Crippen molar-refractivity contribution in [3.05, 3.63) is 0 Å². The van der Waals surface area contributed by atoms with Crippen molar-refractivity contribution in [2.75, 3.05) is 0 Å². The standard InChI is InChI=1S/C8H13NO/c1-3-4-5-8(6-9)7(2)10/h8H,3-5H2,1-2H3. The molecule has 0 saturated heterocycles. The first kappa shape index (κ1) is 9.16. The van der Waals surface area contributed by atoms with E-state index >= 15 is 0 Å². The minimum Gasteiger partial charge on any atom is -0.299 e. The van der Waals surface area contributed by atoms with E-state index in [0.717, 1.165) is 19.3 Å². The summed E-state index contributed by atoms with van der Waals surface area (Å²) in [5.41, 5.74) is 0. The number of carbonyl (C=O) groups is 1. The van der Waals surface area contributed by atoms with Crippen LogP contribution < -0.4 is 0 Å². The molecule has 0 aliphatic rings. The second-order valence-electron chi connectivity index (χ2n) is 2.43. The fourth-order valence-corrected chi connectivity index (χ4v) is 0.767. The second-order valence-corrected chi connectivity index (χ2v) is 2.43. The van der Waals surface area contributed by atoms with Gasteiger partial charge in [0.1, 0.15) is 11.7 Å². The fraction of sp³-hybridized carbons (Fsp3) is 0.750. The van der Waals surface area contributed by atoms with Crippen LogP contribution in [0.2, 0.25) is 0 Å². The summed E-state index contributed by atoms with van der Waals surface area (Å²) in [5, 5.41) is 8.45. The summed E-state index contributed by atoms with van der Waals surface area (Å²) in [4.78, 5) is 10.7. The molecule has 1 unspecified atom stereocenters. The Hall–Kier alpha value is -0.840. The van der Waals surface area contributed by atoms with E-state index in [-0.39, 0.29) is 11.7 Å². The van der Waals surface area contributed by atoms with Crippen LogP contribution in [0, 0.1) is 17.2 Å². The van der Waals surface area contributed by atoms with E-state index in [1.165, 1.54) is 6.92 Å². The number of unbranched alkanes of at least 4 members (excludes halogenated alkanes) is 1. The van der Waals surface area contributed by atoms with E-state index in [2.05, 4.69) is 6.92 Å². The zero-order chi connectivity index (χ0) is 7.98. The zero-order valence-electron chi connectivity index (χ0n) is 6.55. The molecule has 2 nitrogen and oxygen atoms in total. The van der Waals surface area contributed by atoms with Gasteiger partial charge in [0.2, 0.25) is 0 Å². The molecule has 0 radical (unpaired) electrons. The summed E-state index contributed by atoms with van der Waals surface area (Å²) >= 11 is 0. The Morgan fingerprint density at radius 2 is 2.30 bits per heavy atom. The van der Waals surface area contributed by atoms with Crippen LogP contribution in [0.4, 0.5) is 0 Å².